The van der Waals surface area contributed by atoms with Crippen LogP contribution in [0.3, 0.4) is 0 Å². The first-order valence-corrected chi connectivity index (χ1v) is 13.7. The maximum Gasteiger partial charge on any atom is 0.354 e. The third-order valence-corrected chi connectivity index (χ3v) is 6.40. The summed E-state index contributed by atoms with van der Waals surface area (Å²) in [7, 11) is 0. The second kappa shape index (κ2) is 16.4. The van der Waals surface area contributed by atoms with Gasteiger partial charge in [-0.25, -0.2) is 14.8 Å². The number of nitrogens with zero attached hydrogens (tertiary/aromatic N) is 4. The highest BCUT2D eigenvalue weighted by molar-refractivity contribution is 5.85. The lowest BCUT2D eigenvalue weighted by atomic mass is 10.3. The molecule has 41 heavy (non-hydrogen) atoms. The van der Waals surface area contributed by atoms with Crippen LogP contribution in [0.5, 0.6) is 11.5 Å². The van der Waals surface area contributed by atoms with Crippen LogP contribution < -0.4 is 9.47 Å². The minimum atomic E-state index is -1.05. The Balaban J connectivity index is 1.40. The minimum Gasteiger partial charge on any atom is -0.488 e. The highest BCUT2D eigenvalue weighted by Crippen LogP contribution is 2.26. The number of ether oxygens (including phenoxy) is 4. The second-order valence-corrected chi connectivity index (χ2v) is 9.41. The van der Waals surface area contributed by atoms with Gasteiger partial charge >= 0.3 is 5.97 Å². The van der Waals surface area contributed by atoms with Gasteiger partial charge in [-0.2, -0.15) is 0 Å². The molecule has 0 fully saturated rings. The molecule has 0 saturated heterocycles. The number of carboxylic acids is 1. The number of pyridine rings is 2. The Morgan fingerprint density at radius 3 is 1.80 bits per heavy atom. The lowest BCUT2D eigenvalue weighted by Gasteiger charge is -2.24. The molecule has 0 amide bonds. The average Bonchev–Trinajstić information content (AvgIpc) is 2.98. The first-order valence-electron chi connectivity index (χ1n) is 13.7. The smallest absolute Gasteiger partial charge is 0.354 e. The van der Waals surface area contributed by atoms with Crippen molar-refractivity contribution in [2.45, 2.75) is 13.1 Å². The Labute approximate surface area is 239 Å². The predicted octanol–water partition coefficient (Wildman–Crippen LogP) is 2.80. The van der Waals surface area contributed by atoms with Gasteiger partial charge in [-0.1, -0.05) is 24.3 Å². The van der Waals surface area contributed by atoms with Gasteiger partial charge in [0.05, 0.1) is 37.8 Å². The van der Waals surface area contributed by atoms with Crippen molar-refractivity contribution in [2.24, 2.45) is 0 Å². The first kappa shape index (κ1) is 30.1. The zero-order valence-corrected chi connectivity index (χ0v) is 23.0. The molecule has 1 N–H and O–H groups in total. The van der Waals surface area contributed by atoms with Crippen LogP contribution in [0.2, 0.25) is 0 Å². The molecule has 0 atom stereocenters. The van der Waals surface area contributed by atoms with Crippen LogP contribution in [0.25, 0.3) is 0 Å². The summed E-state index contributed by atoms with van der Waals surface area (Å²) in [5.41, 5.74) is 1.89. The van der Waals surface area contributed by atoms with E-state index in [1.165, 1.54) is 6.07 Å². The molecule has 0 radical (unpaired) electrons. The molecule has 1 aliphatic heterocycles. The number of carbonyl (C=O) groups excluding carboxylic acids is 1. The lowest BCUT2D eigenvalue weighted by molar-refractivity contribution is 0.0268. The van der Waals surface area contributed by atoms with E-state index in [0.717, 1.165) is 12.0 Å². The van der Waals surface area contributed by atoms with Crippen LogP contribution in [0.1, 0.15) is 32.4 Å². The van der Waals surface area contributed by atoms with E-state index < -0.39 is 5.97 Å². The van der Waals surface area contributed by atoms with E-state index in [1.807, 2.05) is 42.5 Å². The molecule has 218 valence electrons. The molecule has 11 heteroatoms. The maximum atomic E-state index is 11.3. The number of aldehydes is 1. The molecule has 1 aromatic carbocycles. The summed E-state index contributed by atoms with van der Waals surface area (Å²) in [5, 5.41) is 9.29. The van der Waals surface area contributed by atoms with Crippen LogP contribution in [0, 0.1) is 0 Å². The number of aromatic nitrogens is 2. The number of carboxylic acid groups (broad SMARTS) is 1. The Morgan fingerprint density at radius 1 is 0.707 bits per heavy atom. The Bertz CT molecular complexity index is 1260. The zero-order valence-electron chi connectivity index (χ0n) is 23.0. The van der Waals surface area contributed by atoms with Gasteiger partial charge in [-0.15, -0.1) is 0 Å². The molecular formula is C30H36N4O7. The van der Waals surface area contributed by atoms with Gasteiger partial charge in [0.25, 0.3) is 0 Å². The molecule has 11 nitrogen and oxygen atoms in total. The van der Waals surface area contributed by atoms with Gasteiger partial charge in [0.1, 0.15) is 24.6 Å². The number of para-hydroxylation sites is 2. The molecule has 0 spiro atoms. The molecule has 2 aromatic heterocycles. The zero-order chi connectivity index (χ0) is 28.7. The molecule has 3 aromatic rings. The predicted molar refractivity (Wildman–Crippen MR) is 150 cm³/mol. The fraction of sp³-hybridized carbons (Fsp3) is 0.400. The van der Waals surface area contributed by atoms with Crippen LogP contribution in [0.15, 0.2) is 60.7 Å². The standard InChI is InChI=1S/C30H36N4O7/c35-23-26-7-3-5-24(31-26)21-33-11-15-38-19-20-39-16-12-34(22-25-6-4-8-27(32-25)30(36)37)14-18-41-29-10-2-1-9-28(29)40-17-13-33/h1-10,23H,11-22H2,(H,36,37). The van der Waals surface area contributed by atoms with E-state index >= 15 is 0 Å². The molecule has 0 unspecified atom stereocenters. The Hall–Kier alpha value is -3.90. The van der Waals surface area contributed by atoms with E-state index in [4.69, 9.17) is 18.9 Å². The lowest BCUT2D eigenvalue weighted by Crippen LogP contribution is -2.33. The molecule has 0 aliphatic carbocycles. The summed E-state index contributed by atoms with van der Waals surface area (Å²) in [6.45, 7) is 6.21. The van der Waals surface area contributed by atoms with Gasteiger partial charge in [0.2, 0.25) is 0 Å². The summed E-state index contributed by atoms with van der Waals surface area (Å²) in [6, 6.07) is 18.0. The van der Waals surface area contributed by atoms with E-state index in [1.54, 1.807) is 12.1 Å². The topological polar surface area (TPSA) is 124 Å². The summed E-state index contributed by atoms with van der Waals surface area (Å²) in [4.78, 5) is 35.4. The second-order valence-electron chi connectivity index (χ2n) is 9.41. The monoisotopic (exact) mass is 564 g/mol. The maximum absolute atomic E-state index is 11.3. The van der Waals surface area contributed by atoms with Gasteiger partial charge in [-0.05, 0) is 36.4 Å². The van der Waals surface area contributed by atoms with Crippen molar-refractivity contribution >= 4 is 12.3 Å². The number of hydrogen-bond acceptors (Lipinski definition) is 10. The van der Waals surface area contributed by atoms with Crippen LogP contribution in [-0.2, 0) is 22.6 Å². The highest BCUT2D eigenvalue weighted by Gasteiger charge is 2.13. The van der Waals surface area contributed by atoms with Crippen molar-refractivity contribution in [1.82, 2.24) is 19.8 Å². The van der Waals surface area contributed by atoms with Crippen molar-refractivity contribution in [3.8, 4) is 11.5 Å². The number of hydrogen-bond donors (Lipinski definition) is 1. The van der Waals surface area contributed by atoms with E-state index in [2.05, 4.69) is 19.8 Å². The summed E-state index contributed by atoms with van der Waals surface area (Å²) in [6.07, 6.45) is 0.749. The largest absolute Gasteiger partial charge is 0.488 e. The van der Waals surface area contributed by atoms with Crippen molar-refractivity contribution < 1.29 is 33.6 Å². The first-order chi connectivity index (χ1) is 20.1. The van der Waals surface area contributed by atoms with Crippen molar-refractivity contribution in [3.05, 3.63) is 83.4 Å². The van der Waals surface area contributed by atoms with Gasteiger partial charge in [-0.3, -0.25) is 14.6 Å². The Morgan fingerprint density at radius 2 is 1.24 bits per heavy atom. The molecule has 0 saturated carbocycles. The summed E-state index contributed by atoms with van der Waals surface area (Å²) < 4.78 is 23.9. The van der Waals surface area contributed by atoms with Crippen LogP contribution in [0.4, 0.5) is 0 Å². The van der Waals surface area contributed by atoms with Crippen LogP contribution in [-0.4, -0.2) is 103 Å². The van der Waals surface area contributed by atoms with Gasteiger partial charge in [0, 0.05) is 39.3 Å². The SMILES string of the molecule is O=Cc1cccc(CN2CCOCCOCCN(Cc3cccc(C(=O)O)n3)CCOc3ccccc3OCC2)n1. The van der Waals surface area contributed by atoms with E-state index in [-0.39, 0.29) is 5.69 Å². The number of fused-ring (bicyclic) bond motifs is 1. The number of aromatic carboxylic acids is 1. The molecule has 3 heterocycles. The third-order valence-electron chi connectivity index (χ3n) is 6.40. The quantitative estimate of drug-likeness (QED) is 0.445. The van der Waals surface area contributed by atoms with Crippen LogP contribution >= 0.6 is 0 Å². The minimum absolute atomic E-state index is 0.0175. The normalized spacial score (nSPS) is 16.8. The van der Waals surface area contributed by atoms with E-state index in [9.17, 15) is 14.7 Å². The molecule has 0 bridgehead atoms. The molecular weight excluding hydrogens is 528 g/mol. The van der Waals surface area contributed by atoms with Gasteiger partial charge in [0.15, 0.2) is 17.8 Å². The fourth-order valence-corrected chi connectivity index (χ4v) is 4.30. The summed E-state index contributed by atoms with van der Waals surface area (Å²) in [5.74, 6) is 0.240. The van der Waals surface area contributed by atoms with Gasteiger partial charge < -0.3 is 24.1 Å². The average molecular weight is 565 g/mol. The highest BCUT2D eigenvalue weighted by atomic mass is 16.5. The number of rotatable bonds is 6. The molecule has 1 aliphatic rings. The van der Waals surface area contributed by atoms with Crippen molar-refractivity contribution in [1.29, 1.82) is 0 Å². The fourth-order valence-electron chi connectivity index (χ4n) is 4.30. The Kier molecular flexibility index (Phi) is 12.0. The molecule has 4 rings (SSSR count). The van der Waals surface area contributed by atoms with Crippen molar-refractivity contribution in [2.75, 3.05) is 65.8 Å². The number of benzene rings is 1. The summed E-state index contributed by atoms with van der Waals surface area (Å²) >= 11 is 0. The van der Waals surface area contributed by atoms with Crippen molar-refractivity contribution in [3.63, 3.8) is 0 Å². The van der Waals surface area contributed by atoms with E-state index in [0.29, 0.717) is 102 Å². The third kappa shape index (κ3) is 10.2. The number of carbonyl (C=O) groups is 2.